The quantitative estimate of drug-likeness (QED) is 0.474. The lowest BCUT2D eigenvalue weighted by atomic mass is 10.5. The summed E-state index contributed by atoms with van der Waals surface area (Å²) >= 11 is 0. The van der Waals surface area contributed by atoms with Crippen LogP contribution < -0.4 is 0 Å². The van der Waals surface area contributed by atoms with Crippen molar-refractivity contribution in [3.8, 4) is 0 Å². The third-order valence-corrected chi connectivity index (χ3v) is 1.54. The van der Waals surface area contributed by atoms with Crippen LogP contribution in [0.2, 0.25) is 0 Å². The Balaban J connectivity index is 0. The Morgan fingerprint density at radius 3 is 2.18 bits per heavy atom. The third kappa shape index (κ3) is 10.1. The molecule has 0 spiro atoms. The lowest BCUT2D eigenvalue weighted by Crippen LogP contribution is -2.37. The summed E-state index contributed by atoms with van der Waals surface area (Å²) in [5, 5.41) is 0. The van der Waals surface area contributed by atoms with Gasteiger partial charge in [-0.1, -0.05) is 0 Å². The van der Waals surface area contributed by atoms with Crippen LogP contribution in [0.15, 0.2) is 0 Å². The minimum absolute atomic E-state index is 0. The zero-order valence-corrected chi connectivity index (χ0v) is 7.91. The fourth-order valence-corrected chi connectivity index (χ4v) is 0.753. The van der Waals surface area contributed by atoms with Gasteiger partial charge >= 0.3 is 7.82 Å². The number of hydrogen-bond acceptors (Lipinski definition) is 2. The second-order valence-corrected chi connectivity index (χ2v) is 4.58. The normalized spacial score (nSPS) is 13.5. The molecule has 0 aliphatic rings. The summed E-state index contributed by atoms with van der Waals surface area (Å²) < 4.78 is 15.1. The molecule has 0 saturated heterocycles. The molecule has 70 valence electrons. The molecule has 0 bridgehead atoms. The Kier molecular flexibility index (Phi) is 3.67. The number of rotatable bonds is 4. The van der Waals surface area contributed by atoms with Crippen LogP contribution in [-0.4, -0.2) is 48.6 Å². The van der Waals surface area contributed by atoms with Crippen molar-refractivity contribution in [1.82, 2.24) is 0 Å². The van der Waals surface area contributed by atoms with Crippen LogP contribution in [0.3, 0.4) is 0 Å². The van der Waals surface area contributed by atoms with E-state index in [0.29, 0.717) is 11.0 Å². The predicted octanol–water partition coefficient (Wildman–Crippen LogP) is -0.0856. The predicted molar refractivity (Wildman–Crippen MR) is 42.0 cm³/mol. The van der Waals surface area contributed by atoms with Gasteiger partial charge in [0.2, 0.25) is 0 Å². The highest BCUT2D eigenvalue weighted by Gasteiger charge is 2.15. The second-order valence-electron chi connectivity index (χ2n) is 3.34. The summed E-state index contributed by atoms with van der Waals surface area (Å²) in [6.07, 6.45) is 0. The molecule has 0 atom stereocenters. The fraction of sp³-hybridized carbons (Fsp3) is 1.00. The van der Waals surface area contributed by atoms with E-state index in [0.717, 1.165) is 0 Å². The molecule has 11 heavy (non-hydrogen) atoms. The van der Waals surface area contributed by atoms with Crippen LogP contribution in [0.5, 0.6) is 0 Å². The summed E-state index contributed by atoms with van der Waals surface area (Å²) in [6, 6.07) is 0. The van der Waals surface area contributed by atoms with Crippen molar-refractivity contribution in [3.63, 3.8) is 0 Å². The van der Waals surface area contributed by atoms with Gasteiger partial charge < -0.3 is 15.7 Å². The third-order valence-electron chi connectivity index (χ3n) is 1.02. The first-order valence-corrected chi connectivity index (χ1v) is 4.74. The van der Waals surface area contributed by atoms with E-state index in [2.05, 4.69) is 4.52 Å². The van der Waals surface area contributed by atoms with Gasteiger partial charge in [0, 0.05) is 0 Å². The molecule has 0 aliphatic carbocycles. The van der Waals surface area contributed by atoms with Gasteiger partial charge in [0.15, 0.2) is 0 Å². The second kappa shape index (κ2) is 3.65. The van der Waals surface area contributed by atoms with E-state index in [1.165, 1.54) is 0 Å². The van der Waals surface area contributed by atoms with Crippen LogP contribution in [0.4, 0.5) is 0 Å². The minimum Gasteiger partial charge on any atom is -1.00 e. The molecule has 0 saturated carbocycles. The maximum Gasteiger partial charge on any atom is 0.469 e. The first kappa shape index (κ1) is 11.1. The van der Waals surface area contributed by atoms with Crippen molar-refractivity contribution in [1.29, 1.82) is 0 Å². The molecule has 0 unspecified atom stereocenters. The monoisotopic (exact) mass is 185 g/mol. The van der Waals surface area contributed by atoms with Gasteiger partial charge in [0.1, 0.15) is 13.2 Å². The Morgan fingerprint density at radius 1 is 1.45 bits per heavy atom. The first-order chi connectivity index (χ1) is 4.71. The lowest BCUT2D eigenvalue weighted by molar-refractivity contribution is -0.870. The Bertz CT molecular complexity index is 163. The number of phosphoric ester groups is 1. The average molecular weight is 185 g/mol. The maximum absolute atomic E-state index is 10.2. The van der Waals surface area contributed by atoms with E-state index >= 15 is 0 Å². The van der Waals surface area contributed by atoms with Gasteiger partial charge in [-0.05, 0) is 0 Å². The van der Waals surface area contributed by atoms with Crippen molar-refractivity contribution in [2.24, 2.45) is 0 Å². The molecule has 2 N–H and O–H groups in total. The molecule has 0 fully saturated rings. The Morgan fingerprint density at radius 2 is 1.91 bits per heavy atom. The molecule has 5 nitrogen and oxygen atoms in total. The summed E-state index contributed by atoms with van der Waals surface area (Å²) in [6.45, 7) is 0.652. The average Bonchev–Trinajstić information content (AvgIpc) is 1.55. The van der Waals surface area contributed by atoms with Gasteiger partial charge in [-0.3, -0.25) is 4.52 Å². The van der Waals surface area contributed by atoms with E-state index in [9.17, 15) is 4.57 Å². The molecule has 0 amide bonds. The van der Waals surface area contributed by atoms with Crippen LogP contribution in [0.25, 0.3) is 0 Å². The molecule has 0 heterocycles. The van der Waals surface area contributed by atoms with Crippen LogP contribution in [-0.2, 0) is 9.09 Å². The van der Waals surface area contributed by atoms with E-state index < -0.39 is 7.82 Å². The molecule has 0 aromatic rings. The van der Waals surface area contributed by atoms with Gasteiger partial charge in [-0.25, -0.2) is 4.57 Å². The van der Waals surface area contributed by atoms with Gasteiger partial charge in [-0.2, -0.15) is 0 Å². The standard InChI is InChI=1S/C5H14NO4P.H/c1-6(2,3)4-5-10-11(7,8)9;/h4-5H2,1-3H3,(H-,7,8,9);/q;-1/p+1. The zero-order chi connectivity index (χ0) is 9.12. The molecule has 0 aromatic heterocycles. The molecule has 0 radical (unpaired) electrons. The molecular weight excluding hydrogens is 169 g/mol. The number of likely N-dealkylation sites (N-methyl/N-ethyl adjacent to an activating group) is 1. The van der Waals surface area contributed by atoms with Crippen LogP contribution in [0.1, 0.15) is 1.43 Å². The number of phosphoric acid groups is 1. The Labute approximate surface area is 67.9 Å². The number of quaternary nitrogens is 1. The van der Waals surface area contributed by atoms with Crippen molar-refractivity contribution < 1.29 is 24.8 Å². The van der Waals surface area contributed by atoms with Gasteiger partial charge in [0.25, 0.3) is 0 Å². The highest BCUT2D eigenvalue weighted by Crippen LogP contribution is 2.35. The van der Waals surface area contributed by atoms with Crippen molar-refractivity contribution in [2.75, 3.05) is 34.3 Å². The summed E-state index contributed by atoms with van der Waals surface area (Å²) in [5.74, 6) is 0. The van der Waals surface area contributed by atoms with Gasteiger partial charge in [0.05, 0.1) is 21.1 Å². The van der Waals surface area contributed by atoms with Crippen molar-refractivity contribution >= 4 is 7.82 Å². The summed E-state index contributed by atoms with van der Waals surface area (Å²) in [7, 11) is 1.50. The van der Waals surface area contributed by atoms with E-state index in [1.54, 1.807) is 0 Å². The molecule has 6 heteroatoms. The van der Waals surface area contributed by atoms with E-state index in [1.807, 2.05) is 21.1 Å². The fourth-order valence-electron chi connectivity index (χ4n) is 0.434. The smallest absolute Gasteiger partial charge is 0.469 e. The topological polar surface area (TPSA) is 66.8 Å². The first-order valence-electron chi connectivity index (χ1n) is 3.21. The highest BCUT2D eigenvalue weighted by atomic mass is 31.2. The number of hydrogen-bond donors (Lipinski definition) is 2. The minimum atomic E-state index is -4.26. The van der Waals surface area contributed by atoms with Crippen molar-refractivity contribution in [3.05, 3.63) is 0 Å². The highest BCUT2D eigenvalue weighted by molar-refractivity contribution is 7.46. The molecule has 0 rings (SSSR count). The number of nitrogens with zero attached hydrogens (tertiary/aromatic N) is 1. The zero-order valence-electron chi connectivity index (χ0n) is 8.02. The van der Waals surface area contributed by atoms with Gasteiger partial charge in [-0.15, -0.1) is 0 Å². The summed E-state index contributed by atoms with van der Waals surface area (Å²) in [4.78, 5) is 16.6. The van der Waals surface area contributed by atoms with E-state index in [4.69, 9.17) is 9.79 Å². The SMILES string of the molecule is C[N+](C)(C)CCOP(=O)(O)O.[H-]. The van der Waals surface area contributed by atoms with Crippen molar-refractivity contribution in [2.45, 2.75) is 0 Å². The van der Waals surface area contributed by atoms with Crippen LogP contribution >= 0.6 is 7.82 Å². The Hall–Kier alpha value is 0.0700. The molecule has 0 aromatic carbocycles. The molecular formula is C5H16NO4P. The largest absolute Gasteiger partial charge is 1.00 e. The lowest BCUT2D eigenvalue weighted by Gasteiger charge is -2.23. The van der Waals surface area contributed by atoms with E-state index in [-0.39, 0.29) is 8.03 Å². The summed E-state index contributed by atoms with van der Waals surface area (Å²) in [5.41, 5.74) is 0. The molecule has 0 aliphatic heterocycles. The van der Waals surface area contributed by atoms with Crippen LogP contribution in [0, 0.1) is 0 Å². The maximum atomic E-state index is 10.2.